The van der Waals surface area contributed by atoms with Gasteiger partial charge in [0.25, 0.3) is 5.91 Å². The molecule has 1 N–H and O–H groups in total. The second kappa shape index (κ2) is 9.40. The molecule has 3 aromatic rings. The Bertz CT molecular complexity index is 1110. The Kier molecular flexibility index (Phi) is 6.43. The standard InChI is InChI=1S/C22H25N5O3S/c28-22(21-17-26(25-24-21)16-19-7-3-1-4-8-19)23-15-18-11-13-27(14-12-18)31(29,30)20-9-5-2-6-10-20/h1-10,17-18H,11-16H2,(H,23,28). The first-order chi connectivity index (χ1) is 15.0. The number of amides is 1. The number of sulfonamides is 1. The number of aromatic nitrogens is 3. The molecule has 4 rings (SSSR count). The third-order valence-electron chi connectivity index (χ3n) is 5.46. The van der Waals surface area contributed by atoms with Crippen LogP contribution in [0.1, 0.15) is 28.9 Å². The lowest BCUT2D eigenvalue weighted by molar-refractivity contribution is 0.0936. The number of benzene rings is 2. The van der Waals surface area contributed by atoms with E-state index in [-0.39, 0.29) is 17.5 Å². The fourth-order valence-corrected chi connectivity index (χ4v) is 5.16. The fourth-order valence-electron chi connectivity index (χ4n) is 3.67. The van der Waals surface area contributed by atoms with Gasteiger partial charge in [-0.1, -0.05) is 53.7 Å². The molecular weight excluding hydrogens is 414 g/mol. The molecule has 0 atom stereocenters. The predicted octanol–water partition coefficient (Wildman–Crippen LogP) is 2.16. The summed E-state index contributed by atoms with van der Waals surface area (Å²) in [5.41, 5.74) is 1.36. The highest BCUT2D eigenvalue weighted by molar-refractivity contribution is 7.89. The van der Waals surface area contributed by atoms with Crippen molar-refractivity contribution in [1.29, 1.82) is 0 Å². The van der Waals surface area contributed by atoms with Crippen molar-refractivity contribution < 1.29 is 13.2 Å². The largest absolute Gasteiger partial charge is 0.350 e. The molecule has 0 saturated carbocycles. The van der Waals surface area contributed by atoms with Crippen molar-refractivity contribution in [3.63, 3.8) is 0 Å². The maximum atomic E-state index is 12.7. The van der Waals surface area contributed by atoms with Crippen LogP contribution in [0.15, 0.2) is 71.8 Å². The topological polar surface area (TPSA) is 97.2 Å². The van der Waals surface area contributed by atoms with Crippen LogP contribution >= 0.6 is 0 Å². The molecule has 1 fully saturated rings. The Morgan fingerprint density at radius 1 is 1.00 bits per heavy atom. The van der Waals surface area contributed by atoms with Crippen LogP contribution in [0.2, 0.25) is 0 Å². The molecule has 8 nitrogen and oxygen atoms in total. The SMILES string of the molecule is O=C(NCC1CCN(S(=O)(=O)c2ccccc2)CC1)c1cn(Cc2ccccc2)nn1. The highest BCUT2D eigenvalue weighted by Crippen LogP contribution is 2.23. The van der Waals surface area contributed by atoms with E-state index < -0.39 is 10.0 Å². The number of nitrogens with one attached hydrogen (secondary N) is 1. The van der Waals surface area contributed by atoms with Gasteiger partial charge in [-0.05, 0) is 36.5 Å². The smallest absolute Gasteiger partial charge is 0.273 e. The Morgan fingerprint density at radius 2 is 1.65 bits per heavy atom. The molecule has 1 aliphatic heterocycles. The molecule has 9 heteroatoms. The van der Waals surface area contributed by atoms with E-state index in [0.29, 0.717) is 43.9 Å². The van der Waals surface area contributed by atoms with Crippen LogP contribution in [0.3, 0.4) is 0 Å². The Balaban J connectivity index is 1.26. The maximum absolute atomic E-state index is 12.7. The van der Waals surface area contributed by atoms with Crippen LogP contribution in [0.25, 0.3) is 0 Å². The fraction of sp³-hybridized carbons (Fsp3) is 0.318. The van der Waals surface area contributed by atoms with Crippen molar-refractivity contribution in [3.05, 3.63) is 78.1 Å². The molecule has 1 aliphatic rings. The van der Waals surface area contributed by atoms with E-state index in [1.54, 1.807) is 41.2 Å². The summed E-state index contributed by atoms with van der Waals surface area (Å²) in [5.74, 6) is -0.0378. The van der Waals surface area contributed by atoms with Gasteiger partial charge in [-0.2, -0.15) is 4.31 Å². The van der Waals surface area contributed by atoms with Crippen molar-refractivity contribution in [2.45, 2.75) is 24.3 Å². The van der Waals surface area contributed by atoms with Gasteiger partial charge < -0.3 is 5.32 Å². The minimum absolute atomic E-state index is 0.227. The average molecular weight is 440 g/mol. The lowest BCUT2D eigenvalue weighted by atomic mass is 9.98. The summed E-state index contributed by atoms with van der Waals surface area (Å²) < 4.78 is 28.6. The molecule has 2 aromatic carbocycles. The maximum Gasteiger partial charge on any atom is 0.273 e. The molecular formula is C22H25N5O3S. The van der Waals surface area contributed by atoms with Gasteiger partial charge in [0.2, 0.25) is 10.0 Å². The van der Waals surface area contributed by atoms with Crippen molar-refractivity contribution in [2.75, 3.05) is 19.6 Å². The van der Waals surface area contributed by atoms with E-state index in [9.17, 15) is 13.2 Å². The predicted molar refractivity (Wildman–Crippen MR) is 116 cm³/mol. The van der Waals surface area contributed by atoms with Gasteiger partial charge >= 0.3 is 0 Å². The molecule has 1 saturated heterocycles. The minimum atomic E-state index is -3.46. The summed E-state index contributed by atoms with van der Waals surface area (Å²) in [4.78, 5) is 12.7. The second-order valence-electron chi connectivity index (χ2n) is 7.66. The summed E-state index contributed by atoms with van der Waals surface area (Å²) >= 11 is 0. The lowest BCUT2D eigenvalue weighted by Crippen LogP contribution is -2.41. The number of carbonyl (C=O) groups excluding carboxylic acids is 1. The second-order valence-corrected chi connectivity index (χ2v) is 9.60. The molecule has 1 aromatic heterocycles. The van der Waals surface area contributed by atoms with Crippen LogP contribution in [0, 0.1) is 5.92 Å². The van der Waals surface area contributed by atoms with Gasteiger partial charge in [0.15, 0.2) is 5.69 Å². The third-order valence-corrected chi connectivity index (χ3v) is 7.38. The number of piperidine rings is 1. The van der Waals surface area contributed by atoms with Crippen molar-refractivity contribution >= 4 is 15.9 Å². The van der Waals surface area contributed by atoms with Gasteiger partial charge in [0, 0.05) is 19.6 Å². The summed E-state index contributed by atoms with van der Waals surface area (Å²) in [5, 5.41) is 10.9. The summed E-state index contributed by atoms with van der Waals surface area (Å²) in [6, 6.07) is 18.3. The number of nitrogens with zero attached hydrogens (tertiary/aromatic N) is 4. The van der Waals surface area contributed by atoms with E-state index in [1.165, 1.54) is 4.31 Å². The van der Waals surface area contributed by atoms with Crippen LogP contribution in [-0.4, -0.2) is 53.3 Å². The molecule has 0 radical (unpaired) electrons. The average Bonchev–Trinajstić information content (AvgIpc) is 3.27. The van der Waals surface area contributed by atoms with Crippen LogP contribution in [-0.2, 0) is 16.6 Å². The molecule has 162 valence electrons. The lowest BCUT2D eigenvalue weighted by Gasteiger charge is -2.31. The van der Waals surface area contributed by atoms with Crippen LogP contribution in [0.5, 0.6) is 0 Å². The number of hydrogen-bond donors (Lipinski definition) is 1. The van der Waals surface area contributed by atoms with E-state index in [2.05, 4.69) is 15.6 Å². The van der Waals surface area contributed by atoms with Crippen LogP contribution in [0.4, 0.5) is 0 Å². The first-order valence-electron chi connectivity index (χ1n) is 10.3. The third kappa shape index (κ3) is 5.18. The number of rotatable bonds is 7. The zero-order valence-corrected chi connectivity index (χ0v) is 17.9. The molecule has 0 aliphatic carbocycles. The molecule has 1 amide bonds. The Morgan fingerprint density at radius 3 is 2.32 bits per heavy atom. The molecule has 0 spiro atoms. The van der Waals surface area contributed by atoms with E-state index in [0.717, 1.165) is 5.56 Å². The number of carbonyl (C=O) groups is 1. The minimum Gasteiger partial charge on any atom is -0.350 e. The summed E-state index contributed by atoms with van der Waals surface area (Å²) in [6.45, 7) is 1.94. The van der Waals surface area contributed by atoms with Crippen molar-refractivity contribution in [1.82, 2.24) is 24.6 Å². The van der Waals surface area contributed by atoms with Gasteiger partial charge in [-0.25, -0.2) is 13.1 Å². The zero-order valence-electron chi connectivity index (χ0n) is 17.1. The molecule has 2 heterocycles. The molecule has 31 heavy (non-hydrogen) atoms. The van der Waals surface area contributed by atoms with Crippen LogP contribution < -0.4 is 5.32 Å². The first-order valence-corrected chi connectivity index (χ1v) is 11.7. The Hall–Kier alpha value is -3.04. The number of hydrogen-bond acceptors (Lipinski definition) is 5. The van der Waals surface area contributed by atoms with E-state index >= 15 is 0 Å². The van der Waals surface area contributed by atoms with Crippen molar-refractivity contribution in [3.8, 4) is 0 Å². The quantitative estimate of drug-likeness (QED) is 0.608. The highest BCUT2D eigenvalue weighted by atomic mass is 32.2. The van der Waals surface area contributed by atoms with Gasteiger partial charge in [0.1, 0.15) is 0 Å². The molecule has 0 unspecified atom stereocenters. The van der Waals surface area contributed by atoms with Gasteiger partial charge in [-0.3, -0.25) is 4.79 Å². The first kappa shape index (κ1) is 21.2. The van der Waals surface area contributed by atoms with Gasteiger partial charge in [-0.15, -0.1) is 5.10 Å². The van der Waals surface area contributed by atoms with E-state index in [4.69, 9.17) is 0 Å². The van der Waals surface area contributed by atoms with E-state index in [1.807, 2.05) is 30.3 Å². The summed E-state index contributed by atoms with van der Waals surface area (Å²) in [7, 11) is -3.46. The zero-order chi connectivity index (χ0) is 21.7. The van der Waals surface area contributed by atoms with Gasteiger partial charge in [0.05, 0.1) is 17.6 Å². The highest BCUT2D eigenvalue weighted by Gasteiger charge is 2.29. The monoisotopic (exact) mass is 439 g/mol. The van der Waals surface area contributed by atoms with Crippen molar-refractivity contribution in [2.24, 2.45) is 5.92 Å². The summed E-state index contributed by atoms with van der Waals surface area (Å²) in [6.07, 6.45) is 3.04. The Labute approximate surface area is 181 Å². The molecule has 0 bridgehead atoms. The normalized spacial score (nSPS) is 15.6.